The Labute approximate surface area is 181 Å². The zero-order valence-electron chi connectivity index (χ0n) is 18.1. The lowest BCUT2D eigenvalue weighted by molar-refractivity contribution is -0.121. The van der Waals surface area contributed by atoms with Crippen LogP contribution in [0.25, 0.3) is 16.7 Å². The number of aryl methyl sites for hydroxylation is 3. The fourth-order valence-electron chi connectivity index (χ4n) is 4.04. The third kappa shape index (κ3) is 4.01. The van der Waals surface area contributed by atoms with Crippen LogP contribution in [0.15, 0.2) is 65.5 Å². The van der Waals surface area contributed by atoms with Crippen LogP contribution >= 0.6 is 0 Å². The topological polar surface area (TPSA) is 68.9 Å². The lowest BCUT2D eigenvalue weighted by Gasteiger charge is -2.13. The molecular weight excluding hydrogens is 388 g/mol. The maximum atomic E-state index is 13.2. The van der Waals surface area contributed by atoms with Crippen molar-refractivity contribution in [3.05, 3.63) is 93.4 Å². The number of nitrogens with one attached hydrogen (secondary N) is 1. The normalized spacial score (nSPS) is 11.1. The Kier molecular flexibility index (Phi) is 5.71. The maximum Gasteiger partial charge on any atom is 0.255 e. The van der Waals surface area contributed by atoms with E-state index in [1.807, 2.05) is 79.2 Å². The fourth-order valence-corrected chi connectivity index (χ4v) is 4.04. The van der Waals surface area contributed by atoms with Gasteiger partial charge in [-0.3, -0.25) is 14.2 Å². The van der Waals surface area contributed by atoms with Crippen molar-refractivity contribution < 1.29 is 4.79 Å². The van der Waals surface area contributed by atoms with E-state index in [0.29, 0.717) is 18.5 Å². The second-order valence-electron chi connectivity index (χ2n) is 7.76. The number of benzene rings is 2. The lowest BCUT2D eigenvalue weighted by Crippen LogP contribution is -2.27. The molecular formula is C25H26N4O2. The summed E-state index contributed by atoms with van der Waals surface area (Å²) in [6.07, 6.45) is 0.658. The minimum Gasteiger partial charge on any atom is -0.352 e. The molecule has 0 atom stereocenters. The second-order valence-corrected chi connectivity index (χ2v) is 7.76. The summed E-state index contributed by atoms with van der Waals surface area (Å²) >= 11 is 0. The molecule has 1 amide bonds. The molecule has 4 aromatic rings. The Morgan fingerprint density at radius 2 is 1.65 bits per heavy atom. The highest BCUT2D eigenvalue weighted by Gasteiger charge is 2.20. The molecule has 0 saturated heterocycles. The molecule has 0 spiro atoms. The summed E-state index contributed by atoms with van der Waals surface area (Å²) < 4.78 is 3.46. The van der Waals surface area contributed by atoms with Crippen LogP contribution in [-0.4, -0.2) is 20.3 Å². The van der Waals surface area contributed by atoms with Crippen molar-refractivity contribution in [2.45, 2.75) is 33.2 Å². The minimum absolute atomic E-state index is 0.0675. The first kappa shape index (κ1) is 20.6. The van der Waals surface area contributed by atoms with Crippen molar-refractivity contribution >= 4 is 16.9 Å². The SMILES string of the molecule is Cc1nn(-c2ccccc2)c2c1c(C)c(CCC(=O)NCc1ccccc1)c(=O)n2C. The Balaban J connectivity index is 1.61. The van der Waals surface area contributed by atoms with Gasteiger partial charge in [0.25, 0.3) is 5.56 Å². The molecule has 158 valence electrons. The summed E-state index contributed by atoms with van der Waals surface area (Å²) in [5.41, 5.74) is 5.06. The van der Waals surface area contributed by atoms with E-state index in [4.69, 9.17) is 5.10 Å². The first-order valence-electron chi connectivity index (χ1n) is 10.4. The largest absolute Gasteiger partial charge is 0.352 e. The van der Waals surface area contributed by atoms with Gasteiger partial charge in [0.1, 0.15) is 5.65 Å². The molecule has 4 rings (SSSR count). The van der Waals surface area contributed by atoms with Crippen molar-refractivity contribution in [3.63, 3.8) is 0 Å². The van der Waals surface area contributed by atoms with Crippen molar-refractivity contribution in [1.29, 1.82) is 0 Å². The van der Waals surface area contributed by atoms with E-state index >= 15 is 0 Å². The summed E-state index contributed by atoms with van der Waals surface area (Å²) in [6, 6.07) is 19.6. The molecule has 2 aromatic heterocycles. The average Bonchev–Trinajstić information content (AvgIpc) is 3.15. The number of aromatic nitrogens is 3. The average molecular weight is 415 g/mol. The standard InChI is InChI=1S/C25H26N4O2/c1-17-21(14-15-22(30)26-16-19-10-6-4-7-11-19)25(31)28(3)24-23(17)18(2)27-29(24)20-12-8-5-9-13-20/h4-13H,14-16H2,1-3H3,(H,26,30). The van der Waals surface area contributed by atoms with Gasteiger partial charge < -0.3 is 5.32 Å². The maximum absolute atomic E-state index is 13.2. The van der Waals surface area contributed by atoms with Gasteiger partial charge in [0.15, 0.2) is 0 Å². The minimum atomic E-state index is -0.0852. The lowest BCUT2D eigenvalue weighted by atomic mass is 10.0. The van der Waals surface area contributed by atoms with Crippen LogP contribution in [0.3, 0.4) is 0 Å². The molecule has 0 bridgehead atoms. The summed E-state index contributed by atoms with van der Waals surface area (Å²) in [7, 11) is 1.77. The molecule has 0 aliphatic carbocycles. The number of carbonyl (C=O) groups excluding carboxylic acids is 1. The highest BCUT2D eigenvalue weighted by Crippen LogP contribution is 2.25. The van der Waals surface area contributed by atoms with Crippen molar-refractivity contribution in [2.75, 3.05) is 0 Å². The highest BCUT2D eigenvalue weighted by molar-refractivity contribution is 5.85. The molecule has 6 nitrogen and oxygen atoms in total. The van der Waals surface area contributed by atoms with Gasteiger partial charge in [-0.1, -0.05) is 48.5 Å². The van der Waals surface area contributed by atoms with Gasteiger partial charge in [0, 0.05) is 31.0 Å². The van der Waals surface area contributed by atoms with Crippen LogP contribution < -0.4 is 10.9 Å². The van der Waals surface area contributed by atoms with Gasteiger partial charge in [-0.25, -0.2) is 4.68 Å². The Morgan fingerprint density at radius 1 is 1.00 bits per heavy atom. The summed E-state index contributed by atoms with van der Waals surface area (Å²) in [4.78, 5) is 25.6. The molecule has 2 aromatic carbocycles. The Bertz CT molecular complexity index is 1290. The van der Waals surface area contributed by atoms with Crippen LogP contribution in [0.4, 0.5) is 0 Å². The first-order valence-corrected chi connectivity index (χ1v) is 10.4. The van der Waals surface area contributed by atoms with Crippen molar-refractivity contribution in [1.82, 2.24) is 19.7 Å². The van der Waals surface area contributed by atoms with Crippen LogP contribution in [0.5, 0.6) is 0 Å². The zero-order valence-corrected chi connectivity index (χ0v) is 18.1. The van der Waals surface area contributed by atoms with E-state index in [9.17, 15) is 9.59 Å². The number of hydrogen-bond donors (Lipinski definition) is 1. The van der Waals surface area contributed by atoms with E-state index in [2.05, 4.69) is 5.32 Å². The van der Waals surface area contributed by atoms with E-state index in [1.54, 1.807) is 11.6 Å². The molecule has 0 fully saturated rings. The van der Waals surface area contributed by atoms with Crippen LogP contribution in [0.2, 0.25) is 0 Å². The number of pyridine rings is 1. The predicted octanol–water partition coefficient (Wildman–Crippen LogP) is 3.59. The van der Waals surface area contributed by atoms with Gasteiger partial charge in [0.2, 0.25) is 5.91 Å². The molecule has 0 aliphatic heterocycles. The number of fused-ring (bicyclic) bond motifs is 1. The van der Waals surface area contributed by atoms with Crippen molar-refractivity contribution in [3.8, 4) is 5.69 Å². The van der Waals surface area contributed by atoms with Gasteiger partial charge >= 0.3 is 0 Å². The highest BCUT2D eigenvalue weighted by atomic mass is 16.1. The summed E-state index contributed by atoms with van der Waals surface area (Å²) in [5, 5.41) is 8.60. The van der Waals surface area contributed by atoms with Gasteiger partial charge in [0.05, 0.1) is 11.4 Å². The summed E-state index contributed by atoms with van der Waals surface area (Å²) in [6.45, 7) is 4.39. The smallest absolute Gasteiger partial charge is 0.255 e. The number of para-hydroxylation sites is 1. The number of hydrogen-bond acceptors (Lipinski definition) is 3. The van der Waals surface area contributed by atoms with E-state index in [0.717, 1.165) is 33.5 Å². The molecule has 1 N–H and O–H groups in total. The number of amides is 1. The molecule has 6 heteroatoms. The predicted molar refractivity (Wildman–Crippen MR) is 122 cm³/mol. The fraction of sp³-hybridized carbons (Fsp3) is 0.240. The van der Waals surface area contributed by atoms with Gasteiger partial charge in [-0.05, 0) is 43.5 Å². The van der Waals surface area contributed by atoms with E-state index in [-0.39, 0.29) is 17.9 Å². The molecule has 0 aliphatic rings. The monoisotopic (exact) mass is 414 g/mol. The molecule has 2 heterocycles. The van der Waals surface area contributed by atoms with Gasteiger partial charge in [-0.2, -0.15) is 5.10 Å². The quantitative estimate of drug-likeness (QED) is 0.524. The third-order valence-corrected chi connectivity index (χ3v) is 5.68. The number of rotatable bonds is 6. The zero-order chi connectivity index (χ0) is 22.0. The number of carbonyl (C=O) groups is 1. The molecule has 31 heavy (non-hydrogen) atoms. The van der Waals surface area contributed by atoms with E-state index < -0.39 is 0 Å². The van der Waals surface area contributed by atoms with Crippen molar-refractivity contribution in [2.24, 2.45) is 7.05 Å². The molecule has 0 radical (unpaired) electrons. The van der Waals surface area contributed by atoms with Crippen LogP contribution in [-0.2, 0) is 24.8 Å². The van der Waals surface area contributed by atoms with Gasteiger partial charge in [-0.15, -0.1) is 0 Å². The second kappa shape index (κ2) is 8.60. The Hall–Kier alpha value is -3.67. The van der Waals surface area contributed by atoms with Crippen LogP contribution in [0, 0.1) is 13.8 Å². The van der Waals surface area contributed by atoms with E-state index in [1.165, 1.54) is 0 Å². The first-order chi connectivity index (χ1) is 15.0. The third-order valence-electron chi connectivity index (χ3n) is 5.68. The Morgan fingerprint density at radius 3 is 2.32 bits per heavy atom. The molecule has 0 saturated carbocycles. The summed E-state index contributed by atoms with van der Waals surface area (Å²) in [5.74, 6) is -0.0675. The van der Waals surface area contributed by atoms with Crippen LogP contribution in [0.1, 0.15) is 28.8 Å². The number of nitrogens with zero attached hydrogens (tertiary/aromatic N) is 3. The molecule has 0 unspecified atom stereocenters.